The molecule has 4 rings (SSSR count). The molecule has 1 heterocycles. The molecule has 2 aromatic carbocycles. The second kappa shape index (κ2) is 9.67. The number of alkyl carbamates (subject to hydrolysis) is 1. The molecule has 0 spiro atoms. The number of benzene rings is 2. The molecule has 2 aliphatic rings. The second-order valence-electron chi connectivity index (χ2n) is 8.11. The summed E-state index contributed by atoms with van der Waals surface area (Å²) < 4.78 is 5.45. The summed E-state index contributed by atoms with van der Waals surface area (Å²) >= 11 is 0. The van der Waals surface area contributed by atoms with E-state index in [0.717, 1.165) is 22.3 Å². The molecule has 174 valence electrons. The van der Waals surface area contributed by atoms with Crippen molar-refractivity contribution in [3.63, 3.8) is 0 Å². The minimum absolute atomic E-state index is 0.0520. The lowest BCUT2D eigenvalue weighted by atomic mass is 9.98. The third kappa shape index (κ3) is 4.43. The Labute approximate surface area is 195 Å². The van der Waals surface area contributed by atoms with Crippen LogP contribution in [0.25, 0.3) is 11.1 Å². The van der Waals surface area contributed by atoms with Gasteiger partial charge >= 0.3 is 12.1 Å². The predicted molar refractivity (Wildman–Crippen MR) is 122 cm³/mol. The van der Waals surface area contributed by atoms with Crippen molar-refractivity contribution in [3.8, 4) is 23.5 Å². The van der Waals surface area contributed by atoms with Gasteiger partial charge in [0.2, 0.25) is 11.8 Å². The summed E-state index contributed by atoms with van der Waals surface area (Å²) in [6.07, 6.45) is 4.33. The number of carbonyl (C=O) groups is 4. The van der Waals surface area contributed by atoms with Crippen LogP contribution >= 0.6 is 0 Å². The van der Waals surface area contributed by atoms with Crippen molar-refractivity contribution in [1.82, 2.24) is 16.0 Å². The van der Waals surface area contributed by atoms with E-state index in [4.69, 9.17) is 11.2 Å². The molecular formula is C25H23N3O6. The first kappa shape index (κ1) is 22.9. The quantitative estimate of drug-likeness (QED) is 0.459. The van der Waals surface area contributed by atoms with Gasteiger partial charge in [-0.05, 0) is 22.3 Å². The van der Waals surface area contributed by atoms with E-state index in [9.17, 15) is 24.3 Å². The van der Waals surface area contributed by atoms with Crippen molar-refractivity contribution in [1.29, 1.82) is 0 Å². The summed E-state index contributed by atoms with van der Waals surface area (Å²) in [5.74, 6) is -1.56. The van der Waals surface area contributed by atoms with Gasteiger partial charge in [0.1, 0.15) is 24.6 Å². The SMILES string of the molecule is C#CCC(NC(=O)OCC1c2ccccc2-c2ccccc21)C(=O)NC1C(=O)NCC1C(=O)O. The number of carboxylic acids is 1. The fourth-order valence-electron chi connectivity index (χ4n) is 4.38. The molecule has 0 bridgehead atoms. The van der Waals surface area contributed by atoms with E-state index in [1.807, 2.05) is 48.5 Å². The number of hydrogen-bond donors (Lipinski definition) is 4. The van der Waals surface area contributed by atoms with Crippen molar-refractivity contribution >= 4 is 23.9 Å². The number of nitrogens with one attached hydrogen (secondary N) is 3. The number of amides is 3. The maximum absolute atomic E-state index is 12.7. The van der Waals surface area contributed by atoms with Crippen LogP contribution in [0.15, 0.2) is 48.5 Å². The van der Waals surface area contributed by atoms with E-state index in [1.54, 1.807) is 0 Å². The third-order valence-corrected chi connectivity index (χ3v) is 6.07. The van der Waals surface area contributed by atoms with Gasteiger partial charge in [-0.2, -0.15) is 0 Å². The highest BCUT2D eigenvalue weighted by atomic mass is 16.5. The van der Waals surface area contributed by atoms with Crippen molar-refractivity contribution < 1.29 is 29.0 Å². The molecule has 9 nitrogen and oxygen atoms in total. The van der Waals surface area contributed by atoms with Gasteiger partial charge in [-0.25, -0.2) is 4.79 Å². The van der Waals surface area contributed by atoms with Crippen LogP contribution in [0, 0.1) is 18.3 Å². The summed E-state index contributed by atoms with van der Waals surface area (Å²) in [7, 11) is 0. The maximum atomic E-state index is 12.7. The van der Waals surface area contributed by atoms with E-state index >= 15 is 0 Å². The van der Waals surface area contributed by atoms with Crippen LogP contribution in [0.3, 0.4) is 0 Å². The van der Waals surface area contributed by atoms with E-state index < -0.39 is 41.9 Å². The van der Waals surface area contributed by atoms with Gasteiger partial charge in [0, 0.05) is 18.9 Å². The van der Waals surface area contributed by atoms with Crippen molar-refractivity contribution in [2.24, 2.45) is 5.92 Å². The average molecular weight is 461 g/mol. The molecule has 1 fully saturated rings. The normalized spacial score (nSPS) is 19.2. The van der Waals surface area contributed by atoms with Gasteiger partial charge in [-0.3, -0.25) is 14.4 Å². The second-order valence-corrected chi connectivity index (χ2v) is 8.11. The molecule has 0 aromatic heterocycles. The van der Waals surface area contributed by atoms with Crippen LogP contribution < -0.4 is 16.0 Å². The smallest absolute Gasteiger partial charge is 0.407 e. The highest BCUT2D eigenvalue weighted by Crippen LogP contribution is 2.44. The van der Waals surface area contributed by atoms with Crippen molar-refractivity contribution in [2.75, 3.05) is 13.2 Å². The number of carboxylic acid groups (broad SMARTS) is 1. The predicted octanol–water partition coefficient (Wildman–Crippen LogP) is 1.23. The topological polar surface area (TPSA) is 134 Å². The molecule has 1 aliphatic heterocycles. The Morgan fingerprint density at radius 3 is 2.32 bits per heavy atom. The summed E-state index contributed by atoms with van der Waals surface area (Å²) in [6.45, 7) is -0.0465. The van der Waals surface area contributed by atoms with Crippen molar-refractivity contribution in [3.05, 3.63) is 59.7 Å². The zero-order valence-corrected chi connectivity index (χ0v) is 18.1. The molecule has 2 aromatic rings. The van der Waals surface area contributed by atoms with Gasteiger partial charge in [0.15, 0.2) is 0 Å². The highest BCUT2D eigenvalue weighted by molar-refractivity contribution is 5.96. The summed E-state index contributed by atoms with van der Waals surface area (Å²) in [5, 5.41) is 16.5. The average Bonchev–Trinajstić information content (AvgIpc) is 3.35. The Morgan fingerprint density at radius 2 is 1.74 bits per heavy atom. The van der Waals surface area contributed by atoms with Crippen LogP contribution in [0.4, 0.5) is 4.79 Å². The van der Waals surface area contributed by atoms with Crippen LogP contribution in [0.2, 0.25) is 0 Å². The largest absolute Gasteiger partial charge is 0.481 e. The van der Waals surface area contributed by atoms with E-state index in [2.05, 4.69) is 21.9 Å². The Kier molecular flexibility index (Phi) is 6.50. The van der Waals surface area contributed by atoms with E-state index in [0.29, 0.717) is 0 Å². The van der Waals surface area contributed by atoms with Gasteiger partial charge in [-0.15, -0.1) is 12.3 Å². The summed E-state index contributed by atoms with van der Waals surface area (Å²) in [6, 6.07) is 13.3. The minimum Gasteiger partial charge on any atom is -0.481 e. The molecule has 9 heteroatoms. The van der Waals surface area contributed by atoms with Crippen LogP contribution in [0.1, 0.15) is 23.5 Å². The van der Waals surface area contributed by atoms with Gasteiger partial charge in [0.25, 0.3) is 0 Å². The Morgan fingerprint density at radius 1 is 1.12 bits per heavy atom. The number of terminal acetylenes is 1. The third-order valence-electron chi connectivity index (χ3n) is 6.07. The Balaban J connectivity index is 1.40. The first-order chi connectivity index (χ1) is 16.4. The number of ether oxygens (including phenoxy) is 1. The van der Waals surface area contributed by atoms with Crippen LogP contribution in [0.5, 0.6) is 0 Å². The lowest BCUT2D eigenvalue weighted by Gasteiger charge is -2.21. The van der Waals surface area contributed by atoms with Gasteiger partial charge < -0.3 is 25.8 Å². The molecular weight excluding hydrogens is 438 g/mol. The van der Waals surface area contributed by atoms with Gasteiger partial charge in [0.05, 0.1) is 0 Å². The maximum Gasteiger partial charge on any atom is 0.407 e. The van der Waals surface area contributed by atoms with Gasteiger partial charge in [-0.1, -0.05) is 48.5 Å². The molecule has 0 radical (unpaired) electrons. The molecule has 34 heavy (non-hydrogen) atoms. The summed E-state index contributed by atoms with van der Waals surface area (Å²) in [5.41, 5.74) is 4.25. The zero-order valence-electron chi connectivity index (χ0n) is 18.1. The zero-order chi connectivity index (χ0) is 24.2. The van der Waals surface area contributed by atoms with E-state index in [1.165, 1.54) is 0 Å². The molecule has 3 amide bonds. The fraction of sp³-hybridized carbons (Fsp3) is 0.280. The number of fused-ring (bicyclic) bond motifs is 3. The monoisotopic (exact) mass is 461 g/mol. The molecule has 1 saturated heterocycles. The molecule has 1 aliphatic carbocycles. The number of aliphatic carboxylic acids is 1. The number of carbonyl (C=O) groups excluding carboxylic acids is 3. The lowest BCUT2D eigenvalue weighted by Crippen LogP contribution is -2.53. The fourth-order valence-corrected chi connectivity index (χ4v) is 4.38. The molecule has 3 unspecified atom stereocenters. The lowest BCUT2D eigenvalue weighted by molar-refractivity contribution is -0.143. The summed E-state index contributed by atoms with van der Waals surface area (Å²) in [4.78, 5) is 48.5. The molecule has 0 saturated carbocycles. The highest BCUT2D eigenvalue weighted by Gasteiger charge is 2.41. The molecule has 4 N–H and O–H groups in total. The Bertz CT molecular complexity index is 1140. The van der Waals surface area contributed by atoms with Crippen LogP contribution in [-0.4, -0.2) is 54.2 Å². The number of rotatable bonds is 7. The van der Waals surface area contributed by atoms with Crippen LogP contribution in [-0.2, 0) is 19.1 Å². The van der Waals surface area contributed by atoms with E-state index in [-0.39, 0.29) is 25.5 Å². The first-order valence-electron chi connectivity index (χ1n) is 10.8. The van der Waals surface area contributed by atoms with Crippen molar-refractivity contribution in [2.45, 2.75) is 24.4 Å². The standard InChI is InChI=1S/C25H23N3O6/c1-2-7-20(22(29)28-21-18(24(31)32)12-26-23(21)30)27-25(33)34-13-19-16-10-5-3-8-14(16)15-9-4-6-11-17(15)19/h1,3-6,8-11,18-21H,7,12-13H2,(H,26,30)(H,27,33)(H,28,29)(H,31,32). The Hall–Kier alpha value is -4.32. The molecule has 3 atom stereocenters. The number of hydrogen-bond acceptors (Lipinski definition) is 5. The minimum atomic E-state index is -1.26. The first-order valence-corrected chi connectivity index (χ1v) is 10.8.